The maximum Gasteiger partial charge on any atom is 0.328 e. The number of para-hydroxylation sites is 1. The number of aryl methyl sites for hydroxylation is 1. The summed E-state index contributed by atoms with van der Waals surface area (Å²) in [5.74, 6) is 0.197. The number of urea groups is 1. The largest absolute Gasteiger partial charge is 0.328 e. The monoisotopic (exact) mass is 422 g/mol. The van der Waals surface area contributed by atoms with Crippen molar-refractivity contribution in [2.24, 2.45) is 0 Å². The molecule has 0 spiro atoms. The van der Waals surface area contributed by atoms with E-state index in [0.717, 1.165) is 27.7 Å². The molecule has 5 rings (SSSR count). The fourth-order valence-corrected chi connectivity index (χ4v) is 4.19. The standard InChI is InChI=1S/C26H22N4O2/c1-18-21-14-8-9-15-22(21)28-23(27-18)17-30-25(31)24(20-12-6-3-7-13-20)29(26(30)32)16-19-10-4-2-5-11-19/h2-15,24H,16-17H2,1H3. The number of carbonyl (C=O) groups is 2. The van der Waals surface area contributed by atoms with E-state index < -0.39 is 6.04 Å². The fourth-order valence-electron chi connectivity index (χ4n) is 4.19. The molecule has 4 aromatic rings. The number of imide groups is 1. The van der Waals surface area contributed by atoms with E-state index >= 15 is 0 Å². The summed E-state index contributed by atoms with van der Waals surface area (Å²) in [5, 5.41) is 0.961. The second kappa shape index (κ2) is 8.23. The zero-order valence-electron chi connectivity index (χ0n) is 17.7. The molecule has 0 bridgehead atoms. The van der Waals surface area contributed by atoms with E-state index in [1.165, 1.54) is 4.90 Å². The SMILES string of the molecule is Cc1nc(CN2C(=O)C(c3ccccc3)N(Cc3ccccc3)C2=O)nc2ccccc12. The van der Waals surface area contributed by atoms with Gasteiger partial charge in [-0.2, -0.15) is 0 Å². The van der Waals surface area contributed by atoms with Crippen LogP contribution in [0.5, 0.6) is 0 Å². The lowest BCUT2D eigenvalue weighted by Gasteiger charge is -2.22. The van der Waals surface area contributed by atoms with E-state index in [9.17, 15) is 9.59 Å². The Balaban J connectivity index is 1.50. The third kappa shape index (κ3) is 3.60. The van der Waals surface area contributed by atoms with Crippen LogP contribution in [0.4, 0.5) is 4.79 Å². The summed E-state index contributed by atoms with van der Waals surface area (Å²) in [7, 11) is 0. The van der Waals surface area contributed by atoms with Crippen molar-refractivity contribution in [1.82, 2.24) is 19.8 Å². The first kappa shape index (κ1) is 19.9. The smallest absolute Gasteiger partial charge is 0.304 e. The highest BCUT2D eigenvalue weighted by Gasteiger charge is 2.46. The van der Waals surface area contributed by atoms with Crippen LogP contribution in [0.1, 0.15) is 28.7 Å². The Morgan fingerprint density at radius 1 is 0.781 bits per heavy atom. The number of amides is 3. The van der Waals surface area contributed by atoms with Crippen LogP contribution >= 0.6 is 0 Å². The highest BCUT2D eigenvalue weighted by molar-refractivity contribution is 6.04. The predicted octanol–water partition coefficient (Wildman–Crippen LogP) is 4.64. The van der Waals surface area contributed by atoms with Gasteiger partial charge in [-0.1, -0.05) is 78.9 Å². The van der Waals surface area contributed by atoms with Crippen molar-refractivity contribution in [3.63, 3.8) is 0 Å². The Morgan fingerprint density at radius 2 is 1.44 bits per heavy atom. The topological polar surface area (TPSA) is 66.4 Å². The van der Waals surface area contributed by atoms with Gasteiger partial charge in [0.25, 0.3) is 5.91 Å². The number of benzene rings is 3. The number of fused-ring (bicyclic) bond motifs is 1. The van der Waals surface area contributed by atoms with Gasteiger partial charge in [-0.3, -0.25) is 9.69 Å². The Hall–Kier alpha value is -4.06. The van der Waals surface area contributed by atoms with E-state index in [2.05, 4.69) is 9.97 Å². The molecule has 1 unspecified atom stereocenters. The van der Waals surface area contributed by atoms with Gasteiger partial charge < -0.3 is 4.90 Å². The number of nitrogens with zero attached hydrogens (tertiary/aromatic N) is 4. The molecule has 1 atom stereocenters. The van der Waals surface area contributed by atoms with Crippen LogP contribution in [-0.2, 0) is 17.9 Å². The fraction of sp³-hybridized carbons (Fsp3) is 0.154. The van der Waals surface area contributed by atoms with E-state index in [4.69, 9.17) is 0 Å². The average molecular weight is 422 g/mol. The van der Waals surface area contributed by atoms with Crippen molar-refractivity contribution in [2.75, 3.05) is 0 Å². The molecule has 1 fully saturated rings. The van der Waals surface area contributed by atoms with Gasteiger partial charge in [0.2, 0.25) is 0 Å². The maximum atomic E-state index is 13.5. The summed E-state index contributed by atoms with van der Waals surface area (Å²) in [5.41, 5.74) is 3.38. The predicted molar refractivity (Wildman–Crippen MR) is 121 cm³/mol. The Bertz CT molecular complexity index is 1290. The van der Waals surface area contributed by atoms with Gasteiger partial charge >= 0.3 is 6.03 Å². The molecule has 1 aliphatic rings. The molecule has 0 radical (unpaired) electrons. The molecule has 1 aliphatic heterocycles. The molecule has 6 nitrogen and oxygen atoms in total. The van der Waals surface area contributed by atoms with Crippen LogP contribution in [0.25, 0.3) is 10.9 Å². The first-order valence-electron chi connectivity index (χ1n) is 10.5. The molecule has 3 aromatic carbocycles. The van der Waals surface area contributed by atoms with Crippen molar-refractivity contribution in [2.45, 2.75) is 26.1 Å². The van der Waals surface area contributed by atoms with Gasteiger partial charge in [0.1, 0.15) is 11.9 Å². The van der Waals surface area contributed by atoms with Gasteiger partial charge in [0.15, 0.2) is 0 Å². The van der Waals surface area contributed by atoms with Crippen LogP contribution in [-0.4, -0.2) is 31.7 Å². The minimum absolute atomic E-state index is 0.0396. The van der Waals surface area contributed by atoms with Crippen molar-refractivity contribution < 1.29 is 9.59 Å². The van der Waals surface area contributed by atoms with Crippen LogP contribution in [0.15, 0.2) is 84.9 Å². The van der Waals surface area contributed by atoms with Gasteiger partial charge in [-0.05, 0) is 24.1 Å². The first-order chi connectivity index (χ1) is 15.6. The number of aromatic nitrogens is 2. The second-order valence-electron chi connectivity index (χ2n) is 7.88. The van der Waals surface area contributed by atoms with Crippen LogP contribution in [0, 0.1) is 6.92 Å². The van der Waals surface area contributed by atoms with Crippen molar-refractivity contribution >= 4 is 22.8 Å². The molecular weight excluding hydrogens is 400 g/mol. The third-order valence-electron chi connectivity index (χ3n) is 5.74. The molecular formula is C26H22N4O2. The molecule has 2 heterocycles. The van der Waals surface area contributed by atoms with Crippen LogP contribution in [0.2, 0.25) is 0 Å². The molecule has 0 aliphatic carbocycles. The number of rotatable bonds is 5. The van der Waals surface area contributed by atoms with E-state index in [1.807, 2.05) is 91.9 Å². The van der Waals surface area contributed by atoms with Crippen LogP contribution < -0.4 is 0 Å². The molecule has 0 N–H and O–H groups in total. The Morgan fingerprint density at radius 3 is 2.19 bits per heavy atom. The summed E-state index contributed by atoms with van der Waals surface area (Å²) in [4.78, 5) is 39.0. The van der Waals surface area contributed by atoms with Gasteiger partial charge in [0, 0.05) is 17.6 Å². The highest BCUT2D eigenvalue weighted by Crippen LogP contribution is 2.33. The van der Waals surface area contributed by atoms with Gasteiger partial charge in [-0.25, -0.2) is 14.8 Å². The highest BCUT2D eigenvalue weighted by atomic mass is 16.2. The average Bonchev–Trinajstić information content (AvgIpc) is 3.04. The number of carbonyl (C=O) groups excluding carboxylic acids is 2. The van der Waals surface area contributed by atoms with E-state index in [1.54, 1.807) is 4.90 Å². The minimum atomic E-state index is -0.676. The number of hydrogen-bond acceptors (Lipinski definition) is 4. The molecule has 3 amide bonds. The van der Waals surface area contributed by atoms with Crippen LogP contribution in [0.3, 0.4) is 0 Å². The normalized spacial score (nSPS) is 16.2. The van der Waals surface area contributed by atoms with Gasteiger partial charge in [0.05, 0.1) is 12.1 Å². The maximum absolute atomic E-state index is 13.5. The lowest BCUT2D eigenvalue weighted by molar-refractivity contribution is -0.129. The zero-order chi connectivity index (χ0) is 22.1. The van der Waals surface area contributed by atoms with Crippen molar-refractivity contribution in [1.29, 1.82) is 0 Å². The molecule has 0 saturated carbocycles. The molecule has 6 heteroatoms. The molecule has 32 heavy (non-hydrogen) atoms. The summed E-state index contributed by atoms with van der Waals surface area (Å²) in [6.07, 6.45) is 0. The molecule has 1 aromatic heterocycles. The van der Waals surface area contributed by atoms with Gasteiger partial charge in [-0.15, -0.1) is 0 Å². The Kier molecular flexibility index (Phi) is 5.11. The summed E-state index contributed by atoms with van der Waals surface area (Å²) < 4.78 is 0. The summed E-state index contributed by atoms with van der Waals surface area (Å²) in [6, 6.07) is 25.9. The minimum Gasteiger partial charge on any atom is -0.304 e. The zero-order valence-corrected chi connectivity index (χ0v) is 17.7. The molecule has 158 valence electrons. The van der Waals surface area contributed by atoms with Crippen molar-refractivity contribution in [3.05, 3.63) is 108 Å². The summed E-state index contributed by atoms with van der Waals surface area (Å²) >= 11 is 0. The van der Waals surface area contributed by atoms with Crippen molar-refractivity contribution in [3.8, 4) is 0 Å². The van der Waals surface area contributed by atoms with E-state index in [0.29, 0.717) is 12.4 Å². The second-order valence-corrected chi connectivity index (χ2v) is 7.88. The molecule has 1 saturated heterocycles. The quantitative estimate of drug-likeness (QED) is 0.439. The lowest BCUT2D eigenvalue weighted by atomic mass is 10.1. The lowest BCUT2D eigenvalue weighted by Crippen LogP contribution is -2.33. The Labute approximate surface area is 186 Å². The number of hydrogen-bond donors (Lipinski definition) is 0. The first-order valence-corrected chi connectivity index (χ1v) is 10.5. The summed E-state index contributed by atoms with van der Waals surface area (Å²) in [6.45, 7) is 2.30. The van der Waals surface area contributed by atoms with E-state index in [-0.39, 0.29) is 18.5 Å². The third-order valence-corrected chi connectivity index (χ3v) is 5.74.